The Balaban J connectivity index is -0.0000000267. The van der Waals surface area contributed by atoms with Crippen LogP contribution in [0.15, 0.2) is 0 Å². The fraction of sp³-hybridized carbons (Fsp3) is 0. The van der Waals surface area contributed by atoms with Crippen molar-refractivity contribution >= 4 is 7.25 Å². The molecule has 7 heteroatoms. The molecule has 0 spiro atoms. The van der Waals surface area contributed by atoms with E-state index in [0.717, 1.165) is 0 Å². The van der Waals surface area contributed by atoms with Gasteiger partial charge in [-0.3, -0.25) is 0 Å². The number of hydrogen-bond acceptors (Lipinski definition) is 0. The van der Waals surface area contributed by atoms with Gasteiger partial charge in [0.1, 0.15) is 0 Å². The monoisotopic (exact) mass is 169 g/mol. The van der Waals surface area contributed by atoms with Crippen molar-refractivity contribution in [1.29, 1.82) is 0 Å². The Morgan fingerprint density at radius 2 is 1.00 bits per heavy atom. The van der Waals surface area contributed by atoms with E-state index >= 15 is 0 Å². The van der Waals surface area contributed by atoms with E-state index in [1.807, 2.05) is 0 Å². The molecule has 1 radical (unpaired) electrons. The van der Waals surface area contributed by atoms with Crippen LogP contribution in [-0.4, -0.2) is 12.7 Å². The third kappa shape index (κ3) is 1630. The smallest absolute Gasteiger partial charge is 0.418 e. The van der Waals surface area contributed by atoms with E-state index in [0.29, 0.717) is 0 Å². The van der Waals surface area contributed by atoms with E-state index in [4.69, 9.17) is 0 Å². The minimum atomic E-state index is -6.00. The molecule has 0 heterocycles. The minimum absolute atomic E-state index is 0. The second-order valence-electron chi connectivity index (χ2n) is 0.495. The predicted octanol–water partition coefficient (Wildman–Crippen LogP) is 0.585. The van der Waals surface area contributed by atoms with Crippen LogP contribution in [0.25, 0.3) is 0 Å². The Morgan fingerprint density at radius 3 is 1.00 bits per heavy atom. The molecule has 0 aliphatic heterocycles. The average molecular weight is 169 g/mol. The van der Waals surface area contributed by atoms with E-state index in [9.17, 15) is 17.3 Å². The number of rotatable bonds is 0. The summed E-state index contributed by atoms with van der Waals surface area (Å²) < 4.78 is 39.0. The molecule has 0 saturated carbocycles. The van der Waals surface area contributed by atoms with Crippen LogP contribution < -0.4 is 0 Å². The molecule has 1 nitrogen and oxygen atoms in total. The Bertz CT molecular complexity index is 31.5. The molecule has 0 aliphatic rings. The zero-order valence-electron chi connectivity index (χ0n) is 3.89. The van der Waals surface area contributed by atoms with Crippen LogP contribution in [0.3, 0.4) is 0 Å². The van der Waals surface area contributed by atoms with Crippen molar-refractivity contribution in [3.8, 4) is 0 Å². The standard InChI is InChI=1S/BF4.Cu.H2O/c2-1(3,4)5;;/h;;1H2/q-1;;/p+1. The quantitative estimate of drug-likeness (QED) is 0.375. The maximum atomic E-state index is 9.75. The van der Waals surface area contributed by atoms with E-state index < -0.39 is 7.25 Å². The molecule has 7 heavy (non-hydrogen) atoms. The summed E-state index contributed by atoms with van der Waals surface area (Å²) in [6, 6.07) is 0. The molecule has 0 fully saturated rings. The molecular weight excluding hydrogens is 166 g/mol. The second-order valence-corrected chi connectivity index (χ2v) is 0.495. The maximum absolute atomic E-state index is 9.75. The number of halogens is 4. The molecule has 0 rings (SSSR count). The molecule has 0 aromatic heterocycles. The van der Waals surface area contributed by atoms with Crippen molar-refractivity contribution in [3.05, 3.63) is 0 Å². The molecule has 0 aromatic carbocycles. The van der Waals surface area contributed by atoms with Crippen LogP contribution in [0.2, 0.25) is 0 Å². The van der Waals surface area contributed by atoms with Gasteiger partial charge in [-0.15, -0.1) is 0 Å². The van der Waals surface area contributed by atoms with Gasteiger partial charge in [-0.25, -0.2) is 0 Å². The zero-order valence-corrected chi connectivity index (χ0v) is 3.83. The van der Waals surface area contributed by atoms with Crippen LogP contribution in [0, 0.1) is 0 Å². The first kappa shape index (κ1) is 15.7. The van der Waals surface area contributed by atoms with E-state index in [1.165, 1.54) is 0 Å². The van der Waals surface area contributed by atoms with Gasteiger partial charge in [0.15, 0.2) is 0 Å². The first-order valence-electron chi connectivity index (χ1n) is 0.873. The molecule has 2 N–H and O–H groups in total. The van der Waals surface area contributed by atoms with Crippen molar-refractivity contribution in [2.45, 2.75) is 0 Å². The molecular formula is H3BCuF4O. The average Bonchev–Trinajstić information content (AvgIpc) is 0.722. The van der Waals surface area contributed by atoms with Crippen molar-refractivity contribution < 1.29 is 41.2 Å². The van der Waals surface area contributed by atoms with Gasteiger partial charge < -0.3 is 22.7 Å². The summed E-state index contributed by atoms with van der Waals surface area (Å²) in [4.78, 5) is 0. The molecule has 0 unspecified atom stereocenters. The normalized spacial score (nSPS) is 8.57. The van der Waals surface area contributed by atoms with Crippen LogP contribution in [0.5, 0.6) is 0 Å². The summed E-state index contributed by atoms with van der Waals surface area (Å²) in [6.45, 7) is 0. The van der Waals surface area contributed by atoms with E-state index in [2.05, 4.69) is 0 Å². The summed E-state index contributed by atoms with van der Waals surface area (Å²) in [5.41, 5.74) is 0. The van der Waals surface area contributed by atoms with E-state index in [-0.39, 0.29) is 24.0 Å². The fourth-order valence-corrected chi connectivity index (χ4v) is 0. The van der Waals surface area contributed by atoms with Crippen molar-refractivity contribution in [3.63, 3.8) is 0 Å². The Labute approximate surface area is 49.5 Å². The summed E-state index contributed by atoms with van der Waals surface area (Å²) >= 11 is 0. The molecule has 0 aromatic rings. The third-order valence-electron chi connectivity index (χ3n) is 0. The van der Waals surface area contributed by atoms with Gasteiger partial charge >= 0.3 is 8.68 Å². The largest absolute Gasteiger partial charge is 1.00 e. The topological polar surface area (TPSA) is 31.5 Å². The van der Waals surface area contributed by atoms with Gasteiger partial charge in [-0.1, -0.05) is 0 Å². The molecule has 0 saturated heterocycles. The minimum Gasteiger partial charge on any atom is -0.418 e. The third-order valence-corrected chi connectivity index (χ3v) is 0. The summed E-state index contributed by atoms with van der Waals surface area (Å²) in [5.74, 6) is 0. The maximum Gasteiger partial charge on any atom is 1.00 e. The van der Waals surface area contributed by atoms with Gasteiger partial charge in [-0.2, -0.15) is 0 Å². The Morgan fingerprint density at radius 1 is 1.00 bits per heavy atom. The molecule has 0 aliphatic carbocycles. The summed E-state index contributed by atoms with van der Waals surface area (Å²) in [5, 5.41) is 0. The summed E-state index contributed by atoms with van der Waals surface area (Å²) in [6.07, 6.45) is 0. The molecule has 0 bridgehead atoms. The van der Waals surface area contributed by atoms with Gasteiger partial charge in [0.05, 0.1) is 0 Å². The second kappa shape index (κ2) is 4.42. The van der Waals surface area contributed by atoms with Crippen LogP contribution in [0.1, 0.15) is 1.43 Å². The van der Waals surface area contributed by atoms with Crippen LogP contribution in [0.4, 0.5) is 17.3 Å². The molecule has 0 amide bonds. The van der Waals surface area contributed by atoms with Gasteiger partial charge in [-0.05, 0) is 0 Å². The van der Waals surface area contributed by atoms with E-state index in [1.54, 1.807) is 0 Å². The van der Waals surface area contributed by atoms with Crippen LogP contribution >= 0.6 is 0 Å². The van der Waals surface area contributed by atoms with Crippen molar-refractivity contribution in [2.24, 2.45) is 0 Å². The van der Waals surface area contributed by atoms with Gasteiger partial charge in [0.25, 0.3) is 0 Å². The zero-order chi connectivity index (χ0) is 4.50. The first-order valence-corrected chi connectivity index (χ1v) is 0.873. The molecule has 0 atom stereocenters. The van der Waals surface area contributed by atoms with Crippen LogP contribution in [-0.2, 0) is 17.1 Å². The fourth-order valence-electron chi connectivity index (χ4n) is 0. The summed E-state index contributed by atoms with van der Waals surface area (Å²) in [7, 11) is -6.00. The predicted molar refractivity (Wildman–Crippen MR) is 14.9 cm³/mol. The van der Waals surface area contributed by atoms with Crippen molar-refractivity contribution in [1.82, 2.24) is 0 Å². The van der Waals surface area contributed by atoms with Gasteiger partial charge in [0.2, 0.25) is 0 Å². The Kier molecular flexibility index (Phi) is 9.91. The van der Waals surface area contributed by atoms with Gasteiger partial charge in [0, 0.05) is 17.1 Å². The first-order chi connectivity index (χ1) is 2.00. The van der Waals surface area contributed by atoms with Crippen molar-refractivity contribution in [2.75, 3.05) is 0 Å². The number of hydrogen-bond donors (Lipinski definition) is 0. The SMILES string of the molecule is F[B-](F)(F)F.O.[Cu].[H+]. The Hall–Kier alpha value is 0.264. The molecule has 51 valence electrons.